The van der Waals surface area contributed by atoms with Gasteiger partial charge in [-0.15, -0.1) is 0 Å². The molecule has 2 aromatic carbocycles. The van der Waals surface area contributed by atoms with Gasteiger partial charge in [-0.25, -0.2) is 4.98 Å². The van der Waals surface area contributed by atoms with Gasteiger partial charge in [-0.2, -0.15) is 0 Å². The number of carbonyl (C=O) groups is 8. The minimum atomic E-state index is -1.38. The number of phenolic OH excluding ortho intramolecular Hbond substituents is 1. The highest BCUT2D eigenvalue weighted by Gasteiger charge is 2.34. The quantitative estimate of drug-likeness (QED) is 0.0218. The molecule has 8 unspecified atom stereocenters. The number of aromatic hydroxyl groups is 1. The second kappa shape index (κ2) is 45.1. The van der Waals surface area contributed by atoms with Crippen molar-refractivity contribution in [2.45, 2.75) is 238 Å². The molecule has 1 aromatic heterocycles. The molecule has 3 rings (SSSR count). The van der Waals surface area contributed by atoms with E-state index in [9.17, 15) is 43.5 Å². The maximum atomic E-state index is 14.9. The van der Waals surface area contributed by atoms with Crippen LogP contribution < -0.4 is 71.2 Å². The fourth-order valence-electron chi connectivity index (χ4n) is 10.7. The number of aromatic nitrogens is 2. The van der Waals surface area contributed by atoms with Gasteiger partial charge in [0.1, 0.15) is 42.0 Å². The molecule has 8 amide bonds. The number of carbonyl (C=O) groups excluding carboxylic acids is 8. The van der Waals surface area contributed by atoms with Gasteiger partial charge < -0.3 is 81.3 Å². The number of hydrogen-bond acceptors (Lipinski definition) is 13. The second-order valence-corrected chi connectivity index (χ2v) is 25.2. The van der Waals surface area contributed by atoms with Gasteiger partial charge in [0.15, 0.2) is 11.9 Å². The molecule has 20 N–H and O–H groups in total. The van der Waals surface area contributed by atoms with Crippen molar-refractivity contribution in [1.29, 1.82) is 0 Å². The van der Waals surface area contributed by atoms with E-state index in [1.807, 2.05) is 13.8 Å². The van der Waals surface area contributed by atoms with Crippen LogP contribution in [0.5, 0.6) is 5.75 Å². The monoisotopic (exact) mass is 1300 g/mol. The molecule has 93 heavy (non-hydrogen) atoms. The fourth-order valence-corrected chi connectivity index (χ4v) is 10.7. The van der Waals surface area contributed by atoms with Gasteiger partial charge in [-0.3, -0.25) is 48.3 Å². The molecule has 0 fully saturated rings. The average molecular weight is 1300 g/mol. The minimum absolute atomic E-state index is 0.00439. The lowest BCUT2D eigenvalue weighted by Gasteiger charge is -2.28. The standard InChI is InChI=1S/C67H111N17O9/c1-7-8-9-10-11-12-13-14-15-16-17-18-22-29-58(86)78-50(36-44(2)3)42-76-46(6)60(88)82-56(39-48-30-32-51(85)33-31-48)65(93)84-57(38-47-25-20-19-21-26-47)64(92)80-52(27-23-34-74-66(69)70)61(89)79-53(28-24-35-75-67(71)72)62(90)83-55(37-45(4)5)63(91)81-54(59(68)87)40-49-41-73-43-77-49/h19-21,25-26,30-33,41,43-46,50,52-57,76,85H,7-18,22-24,27-29,34-40,42H2,1-6H3,(H2,68,87)(H,73,77)(H,78,86)(H,79,89)(H,80,92)(H,81,91)(H,82,88)(H,83,90)(H,84,93)(H4,69,70,74)(H4,71,72,75). The van der Waals surface area contributed by atoms with E-state index in [0.717, 1.165) is 19.3 Å². The van der Waals surface area contributed by atoms with Crippen molar-refractivity contribution in [3.05, 3.63) is 83.9 Å². The SMILES string of the molecule is CCCCCCCCCCCCCCCC(=O)NC(CNC(C)C(=O)NC(Cc1ccc(O)cc1)C(=O)NC(Cc1ccccc1)C(=O)NC(CCCN=C(N)N)C(=O)NC(CCCN=C(N)N)C(=O)NC(CC(C)C)C(=O)NC(Cc1cnc[nH]1)C(N)=O)CC(C)C. The summed E-state index contributed by atoms with van der Waals surface area (Å²) in [6.07, 6.45) is 19.9. The Morgan fingerprint density at radius 3 is 1.41 bits per heavy atom. The van der Waals surface area contributed by atoms with Crippen LogP contribution in [-0.4, -0.2) is 142 Å². The van der Waals surface area contributed by atoms with E-state index >= 15 is 0 Å². The van der Waals surface area contributed by atoms with Crippen LogP contribution in [-0.2, 0) is 57.6 Å². The maximum Gasteiger partial charge on any atom is 0.243 e. The fraction of sp³-hybridized carbons (Fsp3) is 0.627. The molecule has 0 aliphatic carbocycles. The van der Waals surface area contributed by atoms with Crippen molar-refractivity contribution >= 4 is 59.2 Å². The van der Waals surface area contributed by atoms with E-state index in [2.05, 4.69) is 83.3 Å². The number of benzene rings is 2. The number of guanidine groups is 2. The van der Waals surface area contributed by atoms with E-state index in [1.54, 1.807) is 49.4 Å². The first-order valence-corrected chi connectivity index (χ1v) is 33.5. The highest BCUT2D eigenvalue weighted by Crippen LogP contribution is 2.17. The largest absolute Gasteiger partial charge is 0.508 e. The molecule has 0 radical (unpaired) electrons. The molecular formula is C67H111N17O9. The number of rotatable bonds is 49. The van der Waals surface area contributed by atoms with Crippen molar-refractivity contribution in [1.82, 2.24) is 52.5 Å². The Hall–Kier alpha value is -8.29. The number of nitrogens with two attached hydrogens (primary N) is 5. The highest BCUT2D eigenvalue weighted by molar-refractivity contribution is 5.97. The lowest BCUT2D eigenvalue weighted by atomic mass is 10.0. The number of hydrogen-bond donors (Lipinski definition) is 15. The summed E-state index contributed by atoms with van der Waals surface area (Å²) in [5.74, 6) is -5.58. The molecule has 8 atom stereocenters. The zero-order valence-electron chi connectivity index (χ0n) is 56.0. The van der Waals surface area contributed by atoms with Crippen LogP contribution in [0.25, 0.3) is 0 Å². The van der Waals surface area contributed by atoms with Crippen LogP contribution >= 0.6 is 0 Å². The third kappa shape index (κ3) is 34.8. The molecule has 26 nitrogen and oxygen atoms in total. The Balaban J connectivity index is 1.86. The Morgan fingerprint density at radius 1 is 0.495 bits per heavy atom. The Morgan fingerprint density at radius 2 is 0.935 bits per heavy atom. The summed E-state index contributed by atoms with van der Waals surface area (Å²) in [4.78, 5) is 128. The number of aliphatic imine (C=N–C) groups is 2. The molecule has 0 spiro atoms. The van der Waals surface area contributed by atoms with E-state index in [1.165, 1.54) is 88.9 Å². The predicted molar refractivity (Wildman–Crippen MR) is 363 cm³/mol. The summed E-state index contributed by atoms with van der Waals surface area (Å²) in [6.45, 7) is 12.1. The van der Waals surface area contributed by atoms with E-state index in [4.69, 9.17) is 28.7 Å². The molecule has 1 heterocycles. The van der Waals surface area contributed by atoms with Crippen LogP contribution in [0.2, 0.25) is 0 Å². The molecule has 0 aliphatic heterocycles. The lowest BCUT2D eigenvalue weighted by molar-refractivity contribution is -0.135. The number of phenols is 1. The molecule has 0 bridgehead atoms. The maximum absolute atomic E-state index is 14.9. The zero-order chi connectivity index (χ0) is 68.5. The molecule has 26 heteroatoms. The number of imidazole rings is 1. The molecule has 0 aliphatic rings. The van der Waals surface area contributed by atoms with Gasteiger partial charge in [0.25, 0.3) is 0 Å². The van der Waals surface area contributed by atoms with Crippen molar-refractivity contribution in [2.75, 3.05) is 19.6 Å². The number of aromatic amines is 1. The summed E-state index contributed by atoms with van der Waals surface area (Å²) in [5.41, 5.74) is 29.9. The molecule has 0 saturated carbocycles. The third-order valence-electron chi connectivity index (χ3n) is 15.8. The molecular weight excluding hydrogens is 1190 g/mol. The Labute approximate surface area is 550 Å². The number of amides is 8. The molecule has 0 saturated heterocycles. The van der Waals surface area contributed by atoms with Crippen LogP contribution in [0.1, 0.15) is 187 Å². The summed E-state index contributed by atoms with van der Waals surface area (Å²) < 4.78 is 0. The second-order valence-electron chi connectivity index (χ2n) is 25.2. The first kappa shape index (κ1) is 78.9. The van der Waals surface area contributed by atoms with Gasteiger partial charge in [0.05, 0.1) is 12.4 Å². The van der Waals surface area contributed by atoms with Gasteiger partial charge in [0, 0.05) is 63.3 Å². The first-order chi connectivity index (χ1) is 44.4. The number of unbranched alkanes of at least 4 members (excludes halogenated alkanes) is 12. The van der Waals surface area contributed by atoms with Crippen LogP contribution in [0.15, 0.2) is 77.1 Å². The summed E-state index contributed by atoms with van der Waals surface area (Å²) in [7, 11) is 0. The highest BCUT2D eigenvalue weighted by atomic mass is 16.3. The number of nitrogens with one attached hydrogen (secondary N) is 9. The van der Waals surface area contributed by atoms with Gasteiger partial charge in [-0.05, 0) is 87.0 Å². The number of nitrogens with zero attached hydrogens (tertiary/aromatic N) is 3. The third-order valence-corrected chi connectivity index (χ3v) is 15.8. The normalized spacial score (nSPS) is 13.8. The zero-order valence-corrected chi connectivity index (χ0v) is 56.0. The van der Waals surface area contributed by atoms with Crippen molar-refractivity contribution in [2.24, 2.45) is 50.5 Å². The predicted octanol–water partition coefficient (Wildman–Crippen LogP) is 3.68. The lowest BCUT2D eigenvalue weighted by Crippen LogP contribution is -2.60. The van der Waals surface area contributed by atoms with Crippen molar-refractivity contribution in [3.63, 3.8) is 0 Å². The smallest absolute Gasteiger partial charge is 0.243 e. The summed E-state index contributed by atoms with van der Waals surface area (Å²) in [6, 6.07) is 6.08. The average Bonchev–Trinajstić information content (AvgIpc) is 2.87. The van der Waals surface area contributed by atoms with Crippen LogP contribution in [0.4, 0.5) is 0 Å². The first-order valence-electron chi connectivity index (χ1n) is 33.5. The summed E-state index contributed by atoms with van der Waals surface area (Å²) in [5, 5.41) is 33.3. The van der Waals surface area contributed by atoms with E-state index in [-0.39, 0.29) is 112 Å². The molecule has 3 aromatic rings. The van der Waals surface area contributed by atoms with E-state index < -0.39 is 83.6 Å². The van der Waals surface area contributed by atoms with Gasteiger partial charge >= 0.3 is 0 Å². The van der Waals surface area contributed by atoms with E-state index in [0.29, 0.717) is 29.7 Å². The number of H-pyrrole nitrogens is 1. The topological polar surface area (TPSA) is 437 Å². The van der Waals surface area contributed by atoms with Crippen LogP contribution in [0, 0.1) is 11.8 Å². The molecule has 518 valence electrons. The Bertz CT molecular complexity index is 2740. The minimum Gasteiger partial charge on any atom is -0.508 e. The van der Waals surface area contributed by atoms with Crippen LogP contribution in [0.3, 0.4) is 0 Å². The number of primary amides is 1. The van der Waals surface area contributed by atoms with Gasteiger partial charge in [0.2, 0.25) is 47.3 Å². The van der Waals surface area contributed by atoms with Gasteiger partial charge in [-0.1, -0.05) is 154 Å². The summed E-state index contributed by atoms with van der Waals surface area (Å²) >= 11 is 0. The van der Waals surface area contributed by atoms with Crippen molar-refractivity contribution < 1.29 is 43.5 Å². The Kier molecular flexibility index (Phi) is 38.3. The van der Waals surface area contributed by atoms with Crippen molar-refractivity contribution in [3.8, 4) is 5.75 Å².